The third-order valence-corrected chi connectivity index (χ3v) is 5.26. The molecule has 1 heterocycles. The van der Waals surface area contributed by atoms with Crippen LogP contribution in [0.3, 0.4) is 0 Å². The lowest BCUT2D eigenvalue weighted by Gasteiger charge is -2.40. The second kappa shape index (κ2) is 8.29. The Kier molecular flexibility index (Phi) is 6.76. The predicted octanol–water partition coefficient (Wildman–Crippen LogP) is 0.453. The van der Waals surface area contributed by atoms with Crippen molar-refractivity contribution in [2.45, 2.75) is 77.3 Å². The summed E-state index contributed by atoms with van der Waals surface area (Å²) >= 11 is 0. The van der Waals surface area contributed by atoms with E-state index >= 15 is 0 Å². The van der Waals surface area contributed by atoms with E-state index in [-0.39, 0.29) is 11.2 Å². The fourth-order valence-corrected chi connectivity index (χ4v) is 3.43. The van der Waals surface area contributed by atoms with Crippen molar-refractivity contribution in [2.75, 3.05) is 6.61 Å². The molecule has 1 saturated heterocycles. The molecule has 2 rings (SSSR count). The monoisotopic (exact) mass is 370 g/mol. The van der Waals surface area contributed by atoms with Crippen LogP contribution >= 0.6 is 0 Å². The third-order valence-electron chi connectivity index (χ3n) is 5.26. The normalized spacial score (nSPS) is 36.6. The number of aliphatic hydroxyl groups is 4. The highest BCUT2D eigenvalue weighted by atomic mass is 16.7. The first-order valence-corrected chi connectivity index (χ1v) is 8.97. The molecule has 0 amide bonds. The van der Waals surface area contributed by atoms with Crippen LogP contribution in [0.15, 0.2) is 23.3 Å². The van der Waals surface area contributed by atoms with Gasteiger partial charge in [-0.05, 0) is 36.8 Å². The number of carbonyl (C=O) groups is 1. The van der Waals surface area contributed by atoms with Gasteiger partial charge in [0.05, 0.1) is 12.7 Å². The zero-order chi connectivity index (χ0) is 19.6. The van der Waals surface area contributed by atoms with Gasteiger partial charge in [0, 0.05) is 6.42 Å². The molecule has 4 N–H and O–H groups in total. The van der Waals surface area contributed by atoms with Gasteiger partial charge < -0.3 is 29.9 Å². The summed E-state index contributed by atoms with van der Waals surface area (Å²) in [6.45, 7) is 7.24. The first-order chi connectivity index (χ1) is 12.1. The molecule has 0 bridgehead atoms. The largest absolute Gasteiger partial charge is 0.394 e. The van der Waals surface area contributed by atoms with Crippen molar-refractivity contribution < 1.29 is 34.7 Å². The van der Waals surface area contributed by atoms with Crippen LogP contribution in [0.25, 0.3) is 0 Å². The van der Waals surface area contributed by atoms with Crippen molar-refractivity contribution >= 4 is 5.78 Å². The molecule has 0 spiro atoms. The van der Waals surface area contributed by atoms with E-state index in [1.165, 1.54) is 0 Å². The number of rotatable bonds is 5. The Morgan fingerprint density at radius 2 is 1.92 bits per heavy atom. The molecular weight excluding hydrogens is 340 g/mol. The number of allylic oxidation sites excluding steroid dienone is 3. The highest BCUT2D eigenvalue weighted by Crippen LogP contribution is 2.39. The zero-order valence-electron chi connectivity index (χ0n) is 15.8. The second-order valence-corrected chi connectivity index (χ2v) is 7.74. The summed E-state index contributed by atoms with van der Waals surface area (Å²) < 4.78 is 11.0. The molecule has 0 radical (unpaired) electrons. The van der Waals surface area contributed by atoms with Crippen LogP contribution < -0.4 is 0 Å². The number of hydrogen-bond donors (Lipinski definition) is 4. The quantitative estimate of drug-likeness (QED) is 0.555. The minimum absolute atomic E-state index is 0.114. The van der Waals surface area contributed by atoms with Gasteiger partial charge in [0.2, 0.25) is 0 Å². The van der Waals surface area contributed by atoms with Crippen LogP contribution in [0, 0.1) is 5.41 Å². The molecular formula is C19H30O7. The second-order valence-electron chi connectivity index (χ2n) is 7.74. The SMILES string of the molecule is CC1=C(/C=C/C(C)O[C@@H]2O[C@H](CO)[C@@H](O)[C@H](O)[C@H]2O)C(C)(C)CCC1=O. The molecule has 7 heteroatoms. The maximum absolute atomic E-state index is 12.0. The summed E-state index contributed by atoms with van der Waals surface area (Å²) in [5.41, 5.74) is 1.59. The number of aliphatic hydroxyl groups excluding tert-OH is 4. The molecule has 6 atom stereocenters. The van der Waals surface area contributed by atoms with E-state index in [0.717, 1.165) is 17.6 Å². The highest BCUT2D eigenvalue weighted by molar-refractivity contribution is 5.97. The van der Waals surface area contributed by atoms with E-state index in [2.05, 4.69) is 13.8 Å². The number of carbonyl (C=O) groups excluding carboxylic acids is 1. The molecule has 0 aromatic rings. The van der Waals surface area contributed by atoms with Crippen LogP contribution in [0.1, 0.15) is 40.5 Å². The molecule has 1 aliphatic carbocycles. The molecule has 0 saturated carbocycles. The average molecular weight is 370 g/mol. The molecule has 1 unspecified atom stereocenters. The topological polar surface area (TPSA) is 116 Å². The van der Waals surface area contributed by atoms with Crippen molar-refractivity contribution in [2.24, 2.45) is 5.41 Å². The van der Waals surface area contributed by atoms with Gasteiger partial charge in [-0.25, -0.2) is 0 Å². The standard InChI is InChI=1S/C19H30O7/c1-10(5-6-12-11(2)13(21)7-8-19(12,3)4)25-18-17(24)16(23)15(22)14(9-20)26-18/h5-6,10,14-18,20,22-24H,7-9H2,1-4H3/b6-5+/t10?,14-,15-,16+,17-,18-/m1/s1. The minimum Gasteiger partial charge on any atom is -0.394 e. The first kappa shape index (κ1) is 21.2. The summed E-state index contributed by atoms with van der Waals surface area (Å²) in [6.07, 6.45) is -2.03. The zero-order valence-corrected chi connectivity index (χ0v) is 15.8. The Morgan fingerprint density at radius 1 is 1.27 bits per heavy atom. The van der Waals surface area contributed by atoms with Crippen molar-refractivity contribution in [3.8, 4) is 0 Å². The minimum atomic E-state index is -1.47. The summed E-state index contributed by atoms with van der Waals surface area (Å²) in [5.74, 6) is 0.145. The van der Waals surface area contributed by atoms with E-state index in [1.807, 2.05) is 13.0 Å². The maximum Gasteiger partial charge on any atom is 0.187 e. The number of hydrogen-bond acceptors (Lipinski definition) is 7. The molecule has 26 heavy (non-hydrogen) atoms. The molecule has 148 valence electrons. The fourth-order valence-electron chi connectivity index (χ4n) is 3.43. The van der Waals surface area contributed by atoms with Crippen molar-refractivity contribution in [3.05, 3.63) is 23.3 Å². The summed E-state index contributed by atoms with van der Waals surface area (Å²) in [7, 11) is 0. The van der Waals surface area contributed by atoms with Crippen LogP contribution in [0.4, 0.5) is 0 Å². The Balaban J connectivity index is 2.08. The third kappa shape index (κ3) is 4.42. The van der Waals surface area contributed by atoms with E-state index in [1.54, 1.807) is 13.0 Å². The Bertz CT molecular complexity index is 578. The lowest BCUT2D eigenvalue weighted by molar-refractivity contribution is -0.306. The van der Waals surface area contributed by atoms with Gasteiger partial charge in [-0.15, -0.1) is 0 Å². The molecule has 1 aliphatic heterocycles. The summed E-state index contributed by atoms with van der Waals surface area (Å²) in [4.78, 5) is 12.0. The fraction of sp³-hybridized carbons (Fsp3) is 0.737. The van der Waals surface area contributed by atoms with E-state index in [0.29, 0.717) is 6.42 Å². The van der Waals surface area contributed by atoms with Crippen LogP contribution in [0.2, 0.25) is 0 Å². The van der Waals surface area contributed by atoms with Crippen molar-refractivity contribution in [1.82, 2.24) is 0 Å². The van der Waals surface area contributed by atoms with Crippen LogP contribution in [-0.4, -0.2) is 69.6 Å². The molecule has 7 nitrogen and oxygen atoms in total. The van der Waals surface area contributed by atoms with Crippen LogP contribution in [0.5, 0.6) is 0 Å². The van der Waals surface area contributed by atoms with Gasteiger partial charge in [0.1, 0.15) is 24.4 Å². The van der Waals surface area contributed by atoms with Gasteiger partial charge in [0.15, 0.2) is 12.1 Å². The highest BCUT2D eigenvalue weighted by Gasteiger charge is 2.44. The van der Waals surface area contributed by atoms with Crippen LogP contribution in [-0.2, 0) is 14.3 Å². The lowest BCUT2D eigenvalue weighted by Crippen LogP contribution is -2.59. The van der Waals surface area contributed by atoms with Gasteiger partial charge >= 0.3 is 0 Å². The summed E-state index contributed by atoms with van der Waals surface area (Å²) in [5, 5.41) is 38.9. The number of Topliss-reactive ketones (excluding diaryl/α,β-unsaturated/α-hetero) is 1. The molecule has 0 aromatic carbocycles. The van der Waals surface area contributed by atoms with Crippen molar-refractivity contribution in [3.63, 3.8) is 0 Å². The molecule has 1 fully saturated rings. The first-order valence-electron chi connectivity index (χ1n) is 8.97. The Morgan fingerprint density at radius 3 is 2.54 bits per heavy atom. The maximum atomic E-state index is 12.0. The molecule has 0 aromatic heterocycles. The Hall–Kier alpha value is -1.09. The average Bonchev–Trinajstić information content (AvgIpc) is 2.58. The molecule has 2 aliphatic rings. The van der Waals surface area contributed by atoms with E-state index in [4.69, 9.17) is 9.47 Å². The smallest absolute Gasteiger partial charge is 0.187 e. The van der Waals surface area contributed by atoms with Gasteiger partial charge in [-0.3, -0.25) is 4.79 Å². The number of ether oxygens (including phenoxy) is 2. The van der Waals surface area contributed by atoms with Crippen molar-refractivity contribution in [1.29, 1.82) is 0 Å². The van der Waals surface area contributed by atoms with Gasteiger partial charge in [-0.1, -0.05) is 26.0 Å². The Labute approximate surface area is 153 Å². The number of ketones is 1. The summed E-state index contributed by atoms with van der Waals surface area (Å²) in [6, 6.07) is 0. The predicted molar refractivity (Wildman–Crippen MR) is 94.2 cm³/mol. The van der Waals surface area contributed by atoms with Gasteiger partial charge in [-0.2, -0.15) is 0 Å². The van der Waals surface area contributed by atoms with Gasteiger partial charge in [0.25, 0.3) is 0 Å². The lowest BCUT2D eigenvalue weighted by atomic mass is 9.72. The van der Waals surface area contributed by atoms with E-state index < -0.39 is 43.4 Å². The van der Waals surface area contributed by atoms with E-state index in [9.17, 15) is 25.2 Å².